The van der Waals surface area contributed by atoms with Gasteiger partial charge in [0.1, 0.15) is 17.3 Å². The molecule has 5 heteroatoms. The molecule has 0 saturated heterocycles. The molecule has 3 aromatic carbocycles. The summed E-state index contributed by atoms with van der Waals surface area (Å²) in [6.45, 7) is 8.35. The zero-order valence-corrected chi connectivity index (χ0v) is 19.7. The van der Waals surface area contributed by atoms with E-state index in [-0.39, 0.29) is 36.3 Å². The quantitative estimate of drug-likeness (QED) is 0.399. The molecule has 0 aromatic heterocycles. The standard InChI is InChI=1S/C28H32FNO3/c1-19(2)32-25-13-5-21(6-14-25)18-30-28(31)17-27(22-7-11-24(29)12-8-22)23-9-15-26(16-10-23)33-20(3)4/h5-16,19-20,27H,17-18H2,1-4H3,(H,30,31)/t27-/m0/s1. The normalized spacial score (nSPS) is 12.0. The van der Waals surface area contributed by atoms with Crippen LogP contribution in [0.4, 0.5) is 4.39 Å². The zero-order valence-electron chi connectivity index (χ0n) is 19.7. The van der Waals surface area contributed by atoms with Crippen LogP contribution in [0, 0.1) is 5.82 Å². The maximum absolute atomic E-state index is 13.5. The fraction of sp³-hybridized carbons (Fsp3) is 0.321. The molecule has 1 N–H and O–H groups in total. The summed E-state index contributed by atoms with van der Waals surface area (Å²) in [6, 6.07) is 21.8. The third-order valence-corrected chi connectivity index (χ3v) is 5.10. The van der Waals surface area contributed by atoms with Gasteiger partial charge in [-0.15, -0.1) is 0 Å². The lowest BCUT2D eigenvalue weighted by Crippen LogP contribution is -2.25. The predicted molar refractivity (Wildman–Crippen MR) is 129 cm³/mol. The van der Waals surface area contributed by atoms with Crippen molar-refractivity contribution in [1.29, 1.82) is 0 Å². The zero-order chi connectivity index (χ0) is 23.8. The van der Waals surface area contributed by atoms with E-state index in [2.05, 4.69) is 5.32 Å². The van der Waals surface area contributed by atoms with Crippen molar-refractivity contribution in [3.05, 3.63) is 95.3 Å². The SMILES string of the molecule is CC(C)Oc1ccc(CNC(=O)C[C@@H](c2ccc(F)cc2)c2ccc(OC(C)C)cc2)cc1. The summed E-state index contributed by atoms with van der Waals surface area (Å²) < 4.78 is 24.9. The number of nitrogens with one attached hydrogen (secondary N) is 1. The Kier molecular flexibility index (Phi) is 8.47. The Morgan fingerprint density at radius 1 is 0.758 bits per heavy atom. The Morgan fingerprint density at radius 2 is 1.21 bits per heavy atom. The summed E-state index contributed by atoms with van der Waals surface area (Å²) in [5.74, 6) is 1.02. The summed E-state index contributed by atoms with van der Waals surface area (Å²) in [5.41, 5.74) is 2.86. The molecule has 0 aliphatic carbocycles. The van der Waals surface area contributed by atoms with Gasteiger partial charge in [0.15, 0.2) is 0 Å². The molecule has 0 aliphatic heterocycles. The smallest absolute Gasteiger partial charge is 0.221 e. The van der Waals surface area contributed by atoms with Gasteiger partial charge in [-0.3, -0.25) is 4.79 Å². The first-order valence-corrected chi connectivity index (χ1v) is 11.3. The van der Waals surface area contributed by atoms with E-state index in [1.165, 1.54) is 12.1 Å². The van der Waals surface area contributed by atoms with Crippen molar-refractivity contribution >= 4 is 5.91 Å². The molecular formula is C28H32FNO3. The van der Waals surface area contributed by atoms with E-state index < -0.39 is 0 Å². The van der Waals surface area contributed by atoms with Crippen LogP contribution in [0.15, 0.2) is 72.8 Å². The number of hydrogen-bond acceptors (Lipinski definition) is 3. The first-order chi connectivity index (χ1) is 15.8. The Balaban J connectivity index is 1.69. The highest BCUT2D eigenvalue weighted by Gasteiger charge is 2.19. The van der Waals surface area contributed by atoms with Crippen LogP contribution in [-0.2, 0) is 11.3 Å². The van der Waals surface area contributed by atoms with Crippen molar-refractivity contribution in [3.8, 4) is 11.5 Å². The molecule has 0 heterocycles. The van der Waals surface area contributed by atoms with E-state index >= 15 is 0 Å². The molecule has 1 amide bonds. The van der Waals surface area contributed by atoms with E-state index in [4.69, 9.17) is 9.47 Å². The minimum atomic E-state index is -0.299. The van der Waals surface area contributed by atoms with E-state index in [1.807, 2.05) is 76.2 Å². The van der Waals surface area contributed by atoms with Crippen LogP contribution in [0.25, 0.3) is 0 Å². The van der Waals surface area contributed by atoms with Gasteiger partial charge in [-0.1, -0.05) is 36.4 Å². The number of carbonyl (C=O) groups is 1. The molecule has 174 valence electrons. The van der Waals surface area contributed by atoms with Gasteiger partial charge in [0.05, 0.1) is 12.2 Å². The molecule has 0 radical (unpaired) electrons. The summed E-state index contributed by atoms with van der Waals surface area (Å²) in [6.07, 6.45) is 0.454. The van der Waals surface area contributed by atoms with Gasteiger partial charge in [-0.2, -0.15) is 0 Å². The largest absolute Gasteiger partial charge is 0.491 e. The monoisotopic (exact) mass is 449 g/mol. The van der Waals surface area contributed by atoms with Crippen LogP contribution in [0.3, 0.4) is 0 Å². The van der Waals surface area contributed by atoms with Gasteiger partial charge in [0, 0.05) is 18.9 Å². The van der Waals surface area contributed by atoms with E-state index in [0.717, 1.165) is 28.2 Å². The number of hydrogen-bond donors (Lipinski definition) is 1. The van der Waals surface area contributed by atoms with Crippen molar-refractivity contribution in [2.45, 2.75) is 58.8 Å². The lowest BCUT2D eigenvalue weighted by molar-refractivity contribution is -0.121. The second-order valence-corrected chi connectivity index (χ2v) is 8.63. The summed E-state index contributed by atoms with van der Waals surface area (Å²) in [7, 11) is 0. The Labute approximate surface area is 195 Å². The number of carbonyl (C=O) groups excluding carboxylic acids is 1. The van der Waals surface area contributed by atoms with Crippen molar-refractivity contribution < 1.29 is 18.7 Å². The minimum absolute atomic E-state index is 0.0747. The van der Waals surface area contributed by atoms with Crippen LogP contribution in [0.2, 0.25) is 0 Å². The van der Waals surface area contributed by atoms with Gasteiger partial charge >= 0.3 is 0 Å². The molecule has 0 spiro atoms. The fourth-order valence-corrected chi connectivity index (χ4v) is 3.59. The van der Waals surface area contributed by atoms with Crippen molar-refractivity contribution in [1.82, 2.24) is 5.32 Å². The average Bonchev–Trinajstić information content (AvgIpc) is 2.78. The van der Waals surface area contributed by atoms with Crippen molar-refractivity contribution in [2.24, 2.45) is 0 Å². The molecule has 33 heavy (non-hydrogen) atoms. The van der Waals surface area contributed by atoms with Crippen molar-refractivity contribution in [3.63, 3.8) is 0 Å². The van der Waals surface area contributed by atoms with Crippen LogP contribution < -0.4 is 14.8 Å². The van der Waals surface area contributed by atoms with Crippen LogP contribution in [0.1, 0.15) is 56.7 Å². The fourth-order valence-electron chi connectivity index (χ4n) is 3.59. The van der Waals surface area contributed by atoms with Gasteiger partial charge < -0.3 is 14.8 Å². The predicted octanol–water partition coefficient (Wildman–Crippen LogP) is 6.24. The highest BCUT2D eigenvalue weighted by Crippen LogP contribution is 2.30. The van der Waals surface area contributed by atoms with Crippen LogP contribution in [-0.4, -0.2) is 18.1 Å². The second-order valence-electron chi connectivity index (χ2n) is 8.63. The highest BCUT2D eigenvalue weighted by atomic mass is 19.1. The summed E-state index contributed by atoms with van der Waals surface area (Å²) >= 11 is 0. The van der Waals surface area contributed by atoms with Crippen molar-refractivity contribution in [2.75, 3.05) is 0 Å². The molecule has 0 saturated carbocycles. The molecular weight excluding hydrogens is 417 g/mol. The minimum Gasteiger partial charge on any atom is -0.491 e. The lowest BCUT2D eigenvalue weighted by Gasteiger charge is -2.19. The molecule has 0 aliphatic rings. The maximum Gasteiger partial charge on any atom is 0.221 e. The molecule has 0 unspecified atom stereocenters. The average molecular weight is 450 g/mol. The first kappa shape index (κ1) is 24.3. The third kappa shape index (κ3) is 7.63. The Bertz CT molecular complexity index is 1010. The Morgan fingerprint density at radius 3 is 1.70 bits per heavy atom. The number of halogens is 1. The van der Waals surface area contributed by atoms with Crippen LogP contribution in [0.5, 0.6) is 11.5 Å². The highest BCUT2D eigenvalue weighted by molar-refractivity contribution is 5.77. The first-order valence-electron chi connectivity index (χ1n) is 11.3. The molecule has 3 rings (SSSR count). The maximum atomic E-state index is 13.5. The number of ether oxygens (including phenoxy) is 2. The third-order valence-electron chi connectivity index (χ3n) is 5.10. The molecule has 1 atom stereocenters. The summed E-state index contributed by atoms with van der Waals surface area (Å²) in [5, 5.41) is 3.00. The van der Waals surface area contributed by atoms with E-state index in [1.54, 1.807) is 12.1 Å². The van der Waals surface area contributed by atoms with Crippen LogP contribution >= 0.6 is 0 Å². The van der Waals surface area contributed by atoms with Gasteiger partial charge in [0.2, 0.25) is 5.91 Å². The number of amides is 1. The van der Waals surface area contributed by atoms with Gasteiger partial charge in [-0.25, -0.2) is 4.39 Å². The second kappa shape index (κ2) is 11.5. The summed E-state index contributed by atoms with van der Waals surface area (Å²) in [4.78, 5) is 12.8. The van der Waals surface area contributed by atoms with Gasteiger partial charge in [0.25, 0.3) is 0 Å². The molecule has 3 aromatic rings. The number of benzene rings is 3. The van der Waals surface area contributed by atoms with E-state index in [9.17, 15) is 9.18 Å². The molecule has 0 bridgehead atoms. The topological polar surface area (TPSA) is 47.6 Å². The molecule has 4 nitrogen and oxygen atoms in total. The molecule has 0 fully saturated rings. The number of rotatable bonds is 10. The van der Waals surface area contributed by atoms with Gasteiger partial charge in [-0.05, 0) is 80.8 Å². The lowest BCUT2D eigenvalue weighted by atomic mass is 9.88. The van der Waals surface area contributed by atoms with E-state index in [0.29, 0.717) is 6.54 Å². The Hall–Kier alpha value is -3.34.